The normalized spacial score (nSPS) is 12.8. The number of aryl methyl sites for hydroxylation is 1. The van der Waals surface area contributed by atoms with Gasteiger partial charge in [0.2, 0.25) is 0 Å². The highest BCUT2D eigenvalue weighted by molar-refractivity contribution is 7.16. The predicted molar refractivity (Wildman–Crippen MR) is 120 cm³/mol. The molecule has 0 bridgehead atoms. The van der Waals surface area contributed by atoms with Crippen LogP contribution in [-0.2, 0) is 22.4 Å². The molecular formula is C22H25N5O2S. The SMILES string of the molecule is CCN(CC)c1ccc(/C=N\NC(=O)C(=O)Nc2sc3c(c2C#N)CCCC3)cc1. The highest BCUT2D eigenvalue weighted by Gasteiger charge is 2.23. The number of fused-ring (bicyclic) bond motifs is 1. The maximum absolute atomic E-state index is 12.2. The Morgan fingerprint density at radius 2 is 1.87 bits per heavy atom. The van der Waals surface area contributed by atoms with Gasteiger partial charge in [-0.15, -0.1) is 11.3 Å². The van der Waals surface area contributed by atoms with Gasteiger partial charge in [-0.05, 0) is 62.8 Å². The number of nitrogens with one attached hydrogen (secondary N) is 2. The fourth-order valence-corrected chi connectivity index (χ4v) is 4.74. The summed E-state index contributed by atoms with van der Waals surface area (Å²) in [4.78, 5) is 27.6. The van der Waals surface area contributed by atoms with Gasteiger partial charge in [0.25, 0.3) is 0 Å². The number of nitriles is 1. The lowest BCUT2D eigenvalue weighted by atomic mass is 9.96. The summed E-state index contributed by atoms with van der Waals surface area (Å²) in [5.74, 6) is -1.71. The number of nitrogens with zero attached hydrogens (tertiary/aromatic N) is 3. The van der Waals surface area contributed by atoms with E-state index < -0.39 is 11.8 Å². The maximum atomic E-state index is 12.2. The summed E-state index contributed by atoms with van der Waals surface area (Å²) in [6.07, 6.45) is 5.36. The second kappa shape index (κ2) is 10.0. The van der Waals surface area contributed by atoms with Gasteiger partial charge in [-0.3, -0.25) is 9.59 Å². The number of benzene rings is 1. The zero-order chi connectivity index (χ0) is 21.5. The number of carbonyl (C=O) groups excluding carboxylic acids is 2. The zero-order valence-corrected chi connectivity index (χ0v) is 18.0. The van der Waals surface area contributed by atoms with E-state index in [4.69, 9.17) is 0 Å². The first-order valence-electron chi connectivity index (χ1n) is 10.1. The van der Waals surface area contributed by atoms with Gasteiger partial charge in [0.15, 0.2) is 0 Å². The Morgan fingerprint density at radius 1 is 1.17 bits per heavy atom. The average molecular weight is 424 g/mol. The van der Waals surface area contributed by atoms with E-state index in [0.29, 0.717) is 10.6 Å². The van der Waals surface area contributed by atoms with Crippen LogP contribution in [0.25, 0.3) is 0 Å². The fraction of sp³-hybridized carbons (Fsp3) is 0.364. The van der Waals surface area contributed by atoms with Crippen molar-refractivity contribution in [3.05, 3.63) is 45.8 Å². The molecule has 2 N–H and O–H groups in total. The topological polar surface area (TPSA) is 97.6 Å². The molecule has 30 heavy (non-hydrogen) atoms. The van der Waals surface area contributed by atoms with Crippen LogP contribution >= 0.6 is 11.3 Å². The lowest BCUT2D eigenvalue weighted by molar-refractivity contribution is -0.136. The van der Waals surface area contributed by atoms with Crippen LogP contribution in [0, 0.1) is 11.3 Å². The minimum Gasteiger partial charge on any atom is -0.372 e. The van der Waals surface area contributed by atoms with E-state index in [2.05, 4.69) is 40.7 Å². The Hall–Kier alpha value is -3.18. The van der Waals surface area contributed by atoms with Crippen LogP contribution in [0.15, 0.2) is 29.4 Å². The molecule has 2 aromatic rings. The van der Waals surface area contributed by atoms with Crippen LogP contribution in [-0.4, -0.2) is 31.1 Å². The molecule has 0 unspecified atom stereocenters. The Kier molecular flexibility index (Phi) is 7.20. The quantitative estimate of drug-likeness (QED) is 0.422. The number of amides is 2. The number of hydrogen-bond acceptors (Lipinski definition) is 6. The number of hydrazone groups is 1. The summed E-state index contributed by atoms with van der Waals surface area (Å²) < 4.78 is 0. The molecule has 156 valence electrons. The Morgan fingerprint density at radius 3 is 2.53 bits per heavy atom. The van der Waals surface area contributed by atoms with E-state index in [9.17, 15) is 14.9 Å². The summed E-state index contributed by atoms with van der Waals surface area (Å²) in [6.45, 7) is 6.06. The van der Waals surface area contributed by atoms with Crippen LogP contribution in [0.4, 0.5) is 10.7 Å². The van der Waals surface area contributed by atoms with E-state index >= 15 is 0 Å². The molecule has 1 aliphatic rings. The first kappa shape index (κ1) is 21.5. The summed E-state index contributed by atoms with van der Waals surface area (Å²) in [6, 6.07) is 9.95. The molecule has 0 spiro atoms. The molecule has 3 rings (SSSR count). The Balaban J connectivity index is 1.58. The van der Waals surface area contributed by atoms with Crippen LogP contribution in [0.1, 0.15) is 48.3 Å². The van der Waals surface area contributed by atoms with E-state index in [-0.39, 0.29) is 0 Å². The van der Waals surface area contributed by atoms with Crippen molar-refractivity contribution in [1.29, 1.82) is 5.26 Å². The largest absolute Gasteiger partial charge is 0.372 e. The number of thiophene rings is 1. The third-order valence-electron chi connectivity index (χ3n) is 5.12. The number of anilines is 2. The van der Waals surface area contributed by atoms with Crippen LogP contribution in [0.5, 0.6) is 0 Å². The van der Waals surface area contributed by atoms with Gasteiger partial charge in [0.1, 0.15) is 11.1 Å². The van der Waals surface area contributed by atoms with Gasteiger partial charge in [-0.1, -0.05) is 12.1 Å². The third-order valence-corrected chi connectivity index (χ3v) is 6.33. The number of hydrogen-bond donors (Lipinski definition) is 2. The first-order chi connectivity index (χ1) is 14.6. The van der Waals surface area contributed by atoms with Crippen LogP contribution < -0.4 is 15.6 Å². The maximum Gasteiger partial charge on any atom is 0.329 e. The molecule has 0 atom stereocenters. The first-order valence-corrected chi connectivity index (χ1v) is 10.9. The van der Waals surface area contributed by atoms with E-state index in [0.717, 1.165) is 60.5 Å². The fourth-order valence-electron chi connectivity index (χ4n) is 3.51. The van der Waals surface area contributed by atoms with E-state index in [1.807, 2.05) is 24.3 Å². The van der Waals surface area contributed by atoms with Gasteiger partial charge in [0.05, 0.1) is 11.8 Å². The Bertz CT molecular complexity index is 984. The van der Waals surface area contributed by atoms with Crippen molar-refractivity contribution < 1.29 is 9.59 Å². The van der Waals surface area contributed by atoms with Gasteiger partial charge in [0, 0.05) is 23.7 Å². The molecule has 0 aliphatic heterocycles. The highest BCUT2D eigenvalue weighted by atomic mass is 32.1. The van der Waals surface area contributed by atoms with Crippen molar-refractivity contribution in [2.45, 2.75) is 39.5 Å². The second-order valence-corrected chi connectivity index (χ2v) is 8.05. The van der Waals surface area contributed by atoms with Crippen molar-refractivity contribution in [2.75, 3.05) is 23.3 Å². The van der Waals surface area contributed by atoms with Crippen molar-refractivity contribution in [3.63, 3.8) is 0 Å². The minimum absolute atomic E-state index is 0.445. The van der Waals surface area contributed by atoms with Crippen LogP contribution in [0.2, 0.25) is 0 Å². The van der Waals surface area contributed by atoms with E-state index in [1.54, 1.807) is 0 Å². The lowest BCUT2D eigenvalue weighted by Gasteiger charge is -2.20. The van der Waals surface area contributed by atoms with Gasteiger partial charge in [-0.2, -0.15) is 10.4 Å². The highest BCUT2D eigenvalue weighted by Crippen LogP contribution is 2.37. The standard InChI is InChI=1S/C22H25N5O2S/c1-3-27(4-2)16-11-9-15(10-12-16)14-24-26-21(29)20(28)25-22-18(13-23)17-7-5-6-8-19(17)30-22/h9-12,14H,3-8H2,1-2H3,(H,25,28)(H,26,29)/b24-14-. The third kappa shape index (κ3) is 4.86. The van der Waals surface area contributed by atoms with Crippen molar-refractivity contribution in [2.24, 2.45) is 5.10 Å². The zero-order valence-electron chi connectivity index (χ0n) is 17.2. The smallest absolute Gasteiger partial charge is 0.329 e. The number of carbonyl (C=O) groups is 2. The molecule has 1 heterocycles. The average Bonchev–Trinajstić information content (AvgIpc) is 3.12. The molecule has 2 amide bonds. The molecule has 1 aliphatic carbocycles. The molecule has 0 fully saturated rings. The van der Waals surface area contributed by atoms with Gasteiger partial charge < -0.3 is 10.2 Å². The molecule has 1 aromatic heterocycles. The summed E-state index contributed by atoms with van der Waals surface area (Å²) in [7, 11) is 0. The van der Waals surface area contributed by atoms with Crippen molar-refractivity contribution in [1.82, 2.24) is 5.43 Å². The molecule has 0 saturated carbocycles. The molecule has 8 heteroatoms. The van der Waals surface area contributed by atoms with Gasteiger partial charge in [-0.25, -0.2) is 5.43 Å². The Labute approximate surface area is 180 Å². The predicted octanol–water partition coefficient (Wildman–Crippen LogP) is 3.43. The molecule has 0 radical (unpaired) electrons. The molecular weight excluding hydrogens is 398 g/mol. The van der Waals surface area contributed by atoms with Crippen LogP contribution in [0.3, 0.4) is 0 Å². The monoisotopic (exact) mass is 423 g/mol. The summed E-state index contributed by atoms with van der Waals surface area (Å²) in [5, 5.41) is 16.3. The molecule has 0 saturated heterocycles. The minimum atomic E-state index is -0.874. The van der Waals surface area contributed by atoms with Crippen molar-refractivity contribution >= 4 is 40.1 Å². The van der Waals surface area contributed by atoms with E-state index in [1.165, 1.54) is 17.6 Å². The summed E-state index contributed by atoms with van der Waals surface area (Å²) in [5.41, 5.74) is 5.66. The van der Waals surface area contributed by atoms with Crippen molar-refractivity contribution in [3.8, 4) is 6.07 Å². The lowest BCUT2D eigenvalue weighted by Crippen LogP contribution is -2.32. The molecule has 1 aromatic carbocycles. The summed E-state index contributed by atoms with van der Waals surface area (Å²) >= 11 is 1.38. The molecule has 7 nitrogen and oxygen atoms in total. The number of rotatable bonds is 6. The van der Waals surface area contributed by atoms with Gasteiger partial charge >= 0.3 is 11.8 Å². The second-order valence-electron chi connectivity index (χ2n) is 6.94.